The minimum atomic E-state index is -0.191. The van der Waals surface area contributed by atoms with E-state index in [1.807, 2.05) is 6.07 Å². The van der Waals surface area contributed by atoms with E-state index in [1.165, 1.54) is 12.8 Å². The van der Waals surface area contributed by atoms with Crippen molar-refractivity contribution in [1.82, 2.24) is 9.88 Å². The summed E-state index contributed by atoms with van der Waals surface area (Å²) < 4.78 is 19.7. The van der Waals surface area contributed by atoms with Gasteiger partial charge in [-0.2, -0.15) is 0 Å². The number of anilines is 1. The molecule has 2 fully saturated rings. The molecule has 0 amide bonds. The van der Waals surface area contributed by atoms with Crippen LogP contribution in [0.2, 0.25) is 0 Å². The molecule has 5 nitrogen and oxygen atoms in total. The molecule has 2 aliphatic heterocycles. The predicted octanol–water partition coefficient (Wildman–Crippen LogP) is 4.24. The molecular formula is C22H29FN4OS. The van der Waals surface area contributed by atoms with Crippen molar-refractivity contribution in [3.8, 4) is 0 Å². The summed E-state index contributed by atoms with van der Waals surface area (Å²) in [5.41, 5.74) is 2.86. The molecule has 1 aliphatic carbocycles. The monoisotopic (exact) mass is 416 g/mol. The molecule has 5 rings (SSSR count). The highest BCUT2D eigenvalue weighted by Gasteiger charge is 2.30. The van der Waals surface area contributed by atoms with Crippen molar-refractivity contribution in [2.75, 3.05) is 37.4 Å². The number of morpholine rings is 1. The van der Waals surface area contributed by atoms with E-state index in [4.69, 9.17) is 9.73 Å². The second-order valence-corrected chi connectivity index (χ2v) is 9.44. The summed E-state index contributed by atoms with van der Waals surface area (Å²) in [7, 11) is 0. The Labute approximate surface area is 175 Å². The van der Waals surface area contributed by atoms with E-state index in [1.54, 1.807) is 23.9 Å². The molecule has 0 bridgehead atoms. The quantitative estimate of drug-likeness (QED) is 0.765. The molecule has 29 heavy (non-hydrogen) atoms. The lowest BCUT2D eigenvalue weighted by atomic mass is 10.1. The average Bonchev–Trinajstić information content (AvgIpc) is 3.48. The predicted molar refractivity (Wildman–Crippen MR) is 119 cm³/mol. The normalized spacial score (nSPS) is 24.9. The second-order valence-electron chi connectivity index (χ2n) is 8.43. The summed E-state index contributed by atoms with van der Waals surface area (Å²) in [6.45, 7) is 5.85. The lowest BCUT2D eigenvalue weighted by molar-refractivity contribution is 0.0169. The Hall–Kier alpha value is -1.57. The van der Waals surface area contributed by atoms with Crippen molar-refractivity contribution < 1.29 is 9.13 Å². The number of hydrogen-bond acceptors (Lipinski definition) is 5. The van der Waals surface area contributed by atoms with Crippen LogP contribution in [-0.4, -0.2) is 65.1 Å². The second kappa shape index (κ2) is 8.28. The van der Waals surface area contributed by atoms with Gasteiger partial charge in [0.1, 0.15) is 10.9 Å². The first-order valence-corrected chi connectivity index (χ1v) is 11.8. The van der Waals surface area contributed by atoms with Gasteiger partial charge in [0.05, 0.1) is 36.2 Å². The van der Waals surface area contributed by atoms with Gasteiger partial charge in [-0.05, 0) is 38.0 Å². The number of rotatable bonds is 5. The zero-order valence-electron chi connectivity index (χ0n) is 16.9. The standard InChI is InChI=1S/C22H29FN4OS/c1-14(27-6-8-28-9-7-27)20-13-29-22(26-20)19-11-15-10-16(23)12-18(21(15)25-19)24-17-4-2-3-5-17/h10-12,14,17,20,24-25H,2-9,13H2,1H3/t14?,20-/m0/s1. The summed E-state index contributed by atoms with van der Waals surface area (Å²) >= 11 is 1.80. The number of halogens is 1. The van der Waals surface area contributed by atoms with Gasteiger partial charge in [0.15, 0.2) is 0 Å². The minimum Gasteiger partial charge on any atom is -0.381 e. The lowest BCUT2D eigenvalue weighted by Gasteiger charge is -2.34. The van der Waals surface area contributed by atoms with Crippen LogP contribution >= 0.6 is 11.8 Å². The SMILES string of the molecule is CC([C@@H]1CSC(c2cc3cc(F)cc(NC4CCCC4)c3[nH]2)=N1)N1CCOCC1. The summed E-state index contributed by atoms with van der Waals surface area (Å²) in [5, 5.41) is 5.51. The molecule has 156 valence electrons. The van der Waals surface area contributed by atoms with E-state index in [0.29, 0.717) is 12.1 Å². The van der Waals surface area contributed by atoms with Gasteiger partial charge in [-0.15, -0.1) is 11.8 Å². The van der Waals surface area contributed by atoms with E-state index in [9.17, 15) is 4.39 Å². The summed E-state index contributed by atoms with van der Waals surface area (Å²) in [4.78, 5) is 11.0. The molecule has 1 aromatic carbocycles. The van der Waals surface area contributed by atoms with Crippen LogP contribution in [0.4, 0.5) is 10.1 Å². The van der Waals surface area contributed by atoms with Crippen molar-refractivity contribution in [2.24, 2.45) is 4.99 Å². The number of H-pyrrole nitrogens is 1. The van der Waals surface area contributed by atoms with E-state index >= 15 is 0 Å². The van der Waals surface area contributed by atoms with Crippen LogP contribution in [0.3, 0.4) is 0 Å². The Morgan fingerprint density at radius 2 is 2.03 bits per heavy atom. The maximum absolute atomic E-state index is 14.2. The highest BCUT2D eigenvalue weighted by atomic mass is 32.2. The topological polar surface area (TPSA) is 52.7 Å². The lowest BCUT2D eigenvalue weighted by Crippen LogP contribution is -2.47. The Morgan fingerprint density at radius 1 is 1.24 bits per heavy atom. The third-order valence-corrected chi connectivity index (χ3v) is 7.60. The molecule has 2 aromatic rings. The van der Waals surface area contributed by atoms with E-state index < -0.39 is 0 Å². The number of fused-ring (bicyclic) bond motifs is 1. The first kappa shape index (κ1) is 19.4. The number of nitrogens with zero attached hydrogens (tertiary/aromatic N) is 2. The highest BCUT2D eigenvalue weighted by Crippen LogP contribution is 2.32. The van der Waals surface area contributed by atoms with Crippen LogP contribution in [0.1, 0.15) is 38.3 Å². The van der Waals surface area contributed by atoms with Gasteiger partial charge in [0.25, 0.3) is 0 Å². The van der Waals surface area contributed by atoms with Gasteiger partial charge in [0.2, 0.25) is 0 Å². The molecule has 3 heterocycles. The fraction of sp³-hybridized carbons (Fsp3) is 0.591. The fourth-order valence-electron chi connectivity index (χ4n) is 4.74. The molecular weight excluding hydrogens is 387 g/mol. The zero-order valence-corrected chi connectivity index (χ0v) is 17.7. The van der Waals surface area contributed by atoms with E-state index in [2.05, 4.69) is 22.1 Å². The summed E-state index contributed by atoms with van der Waals surface area (Å²) in [6.07, 6.45) is 4.83. The molecule has 1 saturated heterocycles. The number of benzene rings is 1. The first-order valence-electron chi connectivity index (χ1n) is 10.8. The smallest absolute Gasteiger partial charge is 0.126 e. The van der Waals surface area contributed by atoms with Crippen LogP contribution in [0.5, 0.6) is 0 Å². The number of aliphatic imine (C=N–C) groups is 1. The number of nitrogens with one attached hydrogen (secondary N) is 2. The fourth-order valence-corrected chi connectivity index (χ4v) is 5.90. The molecule has 1 unspecified atom stereocenters. The molecule has 7 heteroatoms. The van der Waals surface area contributed by atoms with E-state index in [0.717, 1.165) is 72.2 Å². The molecule has 0 radical (unpaired) electrons. The Kier molecular flexibility index (Phi) is 5.54. The van der Waals surface area contributed by atoms with Crippen LogP contribution in [0, 0.1) is 5.82 Å². The third kappa shape index (κ3) is 4.05. The Bertz CT molecular complexity index is 902. The van der Waals surface area contributed by atoms with Crippen LogP contribution in [0.15, 0.2) is 23.2 Å². The third-order valence-electron chi connectivity index (χ3n) is 6.49. The number of aromatic nitrogens is 1. The van der Waals surface area contributed by atoms with Crippen LogP contribution in [-0.2, 0) is 4.74 Å². The van der Waals surface area contributed by atoms with Gasteiger partial charge in [-0.3, -0.25) is 9.89 Å². The highest BCUT2D eigenvalue weighted by molar-refractivity contribution is 8.14. The molecule has 2 N–H and O–H groups in total. The van der Waals surface area contributed by atoms with Gasteiger partial charge >= 0.3 is 0 Å². The maximum atomic E-state index is 14.2. The Morgan fingerprint density at radius 3 is 2.83 bits per heavy atom. The van der Waals surface area contributed by atoms with Gasteiger partial charge in [0, 0.05) is 36.3 Å². The van der Waals surface area contributed by atoms with Gasteiger partial charge < -0.3 is 15.0 Å². The van der Waals surface area contributed by atoms with Crippen molar-refractivity contribution >= 4 is 33.4 Å². The number of thioether (sulfide) groups is 1. The number of ether oxygens (including phenoxy) is 1. The Balaban J connectivity index is 1.38. The van der Waals surface area contributed by atoms with Crippen molar-refractivity contribution in [2.45, 2.75) is 50.7 Å². The minimum absolute atomic E-state index is 0.191. The average molecular weight is 417 g/mol. The van der Waals surface area contributed by atoms with Gasteiger partial charge in [-0.25, -0.2) is 4.39 Å². The molecule has 1 saturated carbocycles. The van der Waals surface area contributed by atoms with Crippen LogP contribution in [0.25, 0.3) is 10.9 Å². The van der Waals surface area contributed by atoms with Gasteiger partial charge in [-0.1, -0.05) is 12.8 Å². The van der Waals surface area contributed by atoms with Crippen molar-refractivity contribution in [3.63, 3.8) is 0 Å². The largest absolute Gasteiger partial charge is 0.381 e. The molecule has 1 aromatic heterocycles. The van der Waals surface area contributed by atoms with Crippen LogP contribution < -0.4 is 5.32 Å². The molecule has 3 aliphatic rings. The zero-order chi connectivity index (χ0) is 19.8. The summed E-state index contributed by atoms with van der Waals surface area (Å²) in [5.74, 6) is 0.800. The number of hydrogen-bond donors (Lipinski definition) is 2. The number of aromatic amines is 1. The maximum Gasteiger partial charge on any atom is 0.126 e. The first-order chi connectivity index (χ1) is 14.2. The molecule has 2 atom stereocenters. The van der Waals surface area contributed by atoms with E-state index in [-0.39, 0.29) is 11.9 Å². The molecule has 0 spiro atoms. The summed E-state index contributed by atoms with van der Waals surface area (Å²) in [6, 6.07) is 6.42. The van der Waals surface area contributed by atoms with Crippen molar-refractivity contribution in [3.05, 3.63) is 29.7 Å². The van der Waals surface area contributed by atoms with Crippen molar-refractivity contribution in [1.29, 1.82) is 0 Å².